The van der Waals surface area contributed by atoms with Crippen LogP contribution < -0.4 is 0 Å². The highest BCUT2D eigenvalue weighted by atomic mass is 16.5. The first kappa shape index (κ1) is 16.7. The number of hydrogen-bond acceptors (Lipinski definition) is 4. The Balaban J connectivity index is 1.41. The van der Waals surface area contributed by atoms with Crippen molar-refractivity contribution in [1.82, 2.24) is 4.90 Å². The molecular formula is C18H33NO3. The van der Waals surface area contributed by atoms with Gasteiger partial charge in [0.2, 0.25) is 0 Å². The van der Waals surface area contributed by atoms with Crippen molar-refractivity contribution in [2.45, 2.75) is 76.0 Å². The van der Waals surface area contributed by atoms with Crippen LogP contribution in [0, 0.1) is 5.92 Å². The van der Waals surface area contributed by atoms with Crippen molar-refractivity contribution >= 4 is 0 Å². The first-order valence-electron chi connectivity index (χ1n) is 9.42. The van der Waals surface area contributed by atoms with Gasteiger partial charge in [-0.1, -0.05) is 19.3 Å². The van der Waals surface area contributed by atoms with Crippen molar-refractivity contribution in [2.75, 3.05) is 32.9 Å². The highest BCUT2D eigenvalue weighted by molar-refractivity contribution is 4.84. The van der Waals surface area contributed by atoms with Gasteiger partial charge in [-0.15, -0.1) is 0 Å². The van der Waals surface area contributed by atoms with E-state index in [9.17, 15) is 5.11 Å². The molecule has 4 nitrogen and oxygen atoms in total. The molecule has 1 atom stereocenters. The number of aliphatic hydroxyl groups excluding tert-OH is 1. The SMILES string of the molecule is OC(COC1CCOCC1)CN(CC1CC1)C1CCCCC1. The largest absolute Gasteiger partial charge is 0.389 e. The third-order valence-electron chi connectivity index (χ3n) is 5.42. The third-order valence-corrected chi connectivity index (χ3v) is 5.42. The summed E-state index contributed by atoms with van der Waals surface area (Å²) in [5.74, 6) is 0.894. The minimum absolute atomic E-state index is 0.287. The minimum atomic E-state index is -0.344. The number of rotatable bonds is 8. The lowest BCUT2D eigenvalue weighted by Gasteiger charge is -2.36. The van der Waals surface area contributed by atoms with Crippen LogP contribution >= 0.6 is 0 Å². The van der Waals surface area contributed by atoms with Crippen molar-refractivity contribution in [2.24, 2.45) is 5.92 Å². The Hall–Kier alpha value is -0.160. The predicted octanol–water partition coefficient (Wildman–Crippen LogP) is 2.59. The fraction of sp³-hybridized carbons (Fsp3) is 1.00. The van der Waals surface area contributed by atoms with Gasteiger partial charge in [-0.05, 0) is 44.4 Å². The second-order valence-corrected chi connectivity index (χ2v) is 7.49. The standard InChI is InChI=1S/C18H33NO3/c20-17(14-22-18-8-10-21-11-9-18)13-19(12-15-6-7-15)16-4-2-1-3-5-16/h15-18,20H,1-14H2. The van der Waals surface area contributed by atoms with Crippen molar-refractivity contribution in [1.29, 1.82) is 0 Å². The number of aliphatic hydroxyl groups is 1. The zero-order chi connectivity index (χ0) is 15.2. The van der Waals surface area contributed by atoms with Crippen LogP contribution in [0.4, 0.5) is 0 Å². The van der Waals surface area contributed by atoms with E-state index in [0.717, 1.165) is 38.5 Å². The fourth-order valence-electron chi connectivity index (χ4n) is 3.86. The van der Waals surface area contributed by atoms with Crippen LogP contribution in [0.5, 0.6) is 0 Å². The molecule has 1 aliphatic heterocycles. The summed E-state index contributed by atoms with van der Waals surface area (Å²) in [6.07, 6.45) is 11.4. The summed E-state index contributed by atoms with van der Waals surface area (Å²) in [4.78, 5) is 2.58. The van der Waals surface area contributed by atoms with Crippen LogP contribution in [0.15, 0.2) is 0 Å². The van der Waals surface area contributed by atoms with Gasteiger partial charge in [0, 0.05) is 32.3 Å². The molecule has 0 aromatic carbocycles. The van der Waals surface area contributed by atoms with Crippen LogP contribution in [-0.4, -0.2) is 61.2 Å². The molecule has 0 aromatic rings. The number of hydrogen-bond donors (Lipinski definition) is 1. The lowest BCUT2D eigenvalue weighted by atomic mass is 9.93. The van der Waals surface area contributed by atoms with Gasteiger partial charge < -0.3 is 14.6 Å². The summed E-state index contributed by atoms with van der Waals surface area (Å²) in [5, 5.41) is 10.4. The zero-order valence-electron chi connectivity index (χ0n) is 13.9. The summed E-state index contributed by atoms with van der Waals surface area (Å²) in [7, 11) is 0. The van der Waals surface area contributed by atoms with Crippen LogP contribution in [0.25, 0.3) is 0 Å². The normalized spacial score (nSPS) is 26.5. The van der Waals surface area contributed by atoms with Gasteiger partial charge in [-0.25, -0.2) is 0 Å². The van der Waals surface area contributed by atoms with Gasteiger partial charge in [0.05, 0.1) is 18.8 Å². The Labute approximate surface area is 135 Å². The highest BCUT2D eigenvalue weighted by Gasteiger charge is 2.30. The Morgan fingerprint density at radius 1 is 1.00 bits per heavy atom. The zero-order valence-corrected chi connectivity index (χ0v) is 13.9. The molecule has 2 aliphatic carbocycles. The van der Waals surface area contributed by atoms with E-state index in [1.54, 1.807) is 0 Å². The maximum atomic E-state index is 10.4. The molecule has 1 heterocycles. The fourth-order valence-corrected chi connectivity index (χ4v) is 3.86. The quantitative estimate of drug-likeness (QED) is 0.748. The van der Waals surface area contributed by atoms with Crippen LogP contribution in [0.3, 0.4) is 0 Å². The molecule has 0 radical (unpaired) electrons. The van der Waals surface area contributed by atoms with E-state index in [0.29, 0.717) is 12.6 Å². The Kier molecular flexibility index (Phi) is 6.54. The van der Waals surface area contributed by atoms with E-state index in [-0.39, 0.29) is 12.2 Å². The highest BCUT2D eigenvalue weighted by Crippen LogP contribution is 2.32. The molecule has 1 N–H and O–H groups in total. The molecule has 2 saturated carbocycles. The van der Waals surface area contributed by atoms with Crippen molar-refractivity contribution < 1.29 is 14.6 Å². The van der Waals surface area contributed by atoms with Gasteiger partial charge in [0.15, 0.2) is 0 Å². The molecule has 22 heavy (non-hydrogen) atoms. The summed E-state index contributed by atoms with van der Waals surface area (Å²) in [5.41, 5.74) is 0. The lowest BCUT2D eigenvalue weighted by Crippen LogP contribution is -2.44. The predicted molar refractivity (Wildman–Crippen MR) is 87.0 cm³/mol. The molecule has 4 heteroatoms. The van der Waals surface area contributed by atoms with Gasteiger partial charge in [0.1, 0.15) is 0 Å². The second kappa shape index (κ2) is 8.62. The minimum Gasteiger partial charge on any atom is -0.389 e. The molecular weight excluding hydrogens is 278 g/mol. The van der Waals surface area contributed by atoms with Gasteiger partial charge >= 0.3 is 0 Å². The molecule has 1 unspecified atom stereocenters. The Bertz CT molecular complexity index is 309. The van der Waals surface area contributed by atoms with E-state index >= 15 is 0 Å². The van der Waals surface area contributed by atoms with E-state index in [4.69, 9.17) is 9.47 Å². The smallest absolute Gasteiger partial charge is 0.0900 e. The second-order valence-electron chi connectivity index (χ2n) is 7.49. The van der Waals surface area contributed by atoms with E-state index in [2.05, 4.69) is 4.90 Å². The summed E-state index contributed by atoms with van der Waals surface area (Å²) in [6, 6.07) is 0.701. The maximum Gasteiger partial charge on any atom is 0.0900 e. The van der Waals surface area contributed by atoms with E-state index < -0.39 is 0 Å². The Morgan fingerprint density at radius 2 is 1.73 bits per heavy atom. The molecule has 0 bridgehead atoms. The molecule has 0 spiro atoms. The Morgan fingerprint density at radius 3 is 2.41 bits per heavy atom. The lowest BCUT2D eigenvalue weighted by molar-refractivity contribution is -0.0670. The van der Waals surface area contributed by atoms with E-state index in [1.807, 2.05) is 0 Å². The van der Waals surface area contributed by atoms with Crippen LogP contribution in [0.2, 0.25) is 0 Å². The summed E-state index contributed by atoms with van der Waals surface area (Å²) >= 11 is 0. The monoisotopic (exact) mass is 311 g/mol. The molecule has 0 aromatic heterocycles. The molecule has 0 amide bonds. The van der Waals surface area contributed by atoms with E-state index in [1.165, 1.54) is 51.5 Å². The van der Waals surface area contributed by atoms with Crippen molar-refractivity contribution in [3.05, 3.63) is 0 Å². The van der Waals surface area contributed by atoms with Gasteiger partial charge in [-0.2, -0.15) is 0 Å². The topological polar surface area (TPSA) is 41.9 Å². The third kappa shape index (κ3) is 5.48. The summed E-state index contributed by atoms with van der Waals surface area (Å²) < 4.78 is 11.2. The first-order chi connectivity index (χ1) is 10.8. The summed E-state index contributed by atoms with van der Waals surface area (Å²) in [6.45, 7) is 4.08. The number of nitrogens with zero attached hydrogens (tertiary/aromatic N) is 1. The molecule has 3 aliphatic rings. The van der Waals surface area contributed by atoms with Crippen molar-refractivity contribution in [3.8, 4) is 0 Å². The van der Waals surface area contributed by atoms with Crippen LogP contribution in [0.1, 0.15) is 57.8 Å². The van der Waals surface area contributed by atoms with Gasteiger partial charge in [0.25, 0.3) is 0 Å². The molecule has 1 saturated heterocycles. The number of ether oxygens (including phenoxy) is 2. The van der Waals surface area contributed by atoms with Crippen LogP contribution in [-0.2, 0) is 9.47 Å². The van der Waals surface area contributed by atoms with Gasteiger partial charge in [-0.3, -0.25) is 4.90 Å². The molecule has 128 valence electrons. The van der Waals surface area contributed by atoms with Crippen molar-refractivity contribution in [3.63, 3.8) is 0 Å². The molecule has 3 fully saturated rings. The maximum absolute atomic E-state index is 10.4. The first-order valence-corrected chi connectivity index (χ1v) is 9.42. The molecule has 3 rings (SSSR count). The average molecular weight is 311 g/mol. The average Bonchev–Trinajstić information content (AvgIpc) is 3.38.